The van der Waals surface area contributed by atoms with E-state index in [1.54, 1.807) is 6.20 Å². The number of amides is 1. The van der Waals surface area contributed by atoms with Crippen molar-refractivity contribution in [2.24, 2.45) is 0 Å². The van der Waals surface area contributed by atoms with Crippen molar-refractivity contribution in [1.29, 1.82) is 0 Å². The third-order valence-corrected chi connectivity index (χ3v) is 4.00. The van der Waals surface area contributed by atoms with Crippen LogP contribution in [0.25, 0.3) is 0 Å². The predicted octanol–water partition coefficient (Wildman–Crippen LogP) is 1.64. The minimum absolute atomic E-state index is 0.0629. The van der Waals surface area contributed by atoms with E-state index in [4.69, 9.17) is 0 Å². The minimum atomic E-state index is -0.0629. The molecule has 1 unspecified atom stereocenters. The second-order valence-corrected chi connectivity index (χ2v) is 5.37. The van der Waals surface area contributed by atoms with Crippen molar-refractivity contribution in [3.05, 3.63) is 23.8 Å². The second kappa shape index (κ2) is 7.33. The molecule has 0 spiro atoms. The van der Waals surface area contributed by atoms with Crippen molar-refractivity contribution >= 4 is 5.91 Å². The maximum atomic E-state index is 12.1. The van der Waals surface area contributed by atoms with E-state index in [2.05, 4.69) is 27.1 Å². The number of hydrogen-bond donors (Lipinski definition) is 1. The number of likely N-dealkylation sites (tertiary alicyclic amines) is 1. The average Bonchev–Trinajstić information content (AvgIpc) is 2.49. The molecule has 2 heterocycles. The molecule has 1 amide bonds. The van der Waals surface area contributed by atoms with Crippen LogP contribution in [-0.2, 0) is 6.42 Å². The number of aryl methyl sites for hydroxylation is 1. The highest BCUT2D eigenvalue weighted by molar-refractivity contribution is 5.94. The fraction of sp³-hybridized carbons (Fsp3) is 0.667. The largest absolute Gasteiger partial charge is 0.351 e. The van der Waals surface area contributed by atoms with Crippen molar-refractivity contribution in [2.45, 2.75) is 45.6 Å². The number of hydrogen-bond acceptors (Lipinski definition) is 4. The van der Waals surface area contributed by atoms with Crippen LogP contribution >= 0.6 is 0 Å². The molecule has 20 heavy (non-hydrogen) atoms. The first-order chi connectivity index (χ1) is 9.72. The van der Waals surface area contributed by atoms with Gasteiger partial charge in [0.05, 0.1) is 11.3 Å². The molecule has 110 valence electrons. The summed E-state index contributed by atoms with van der Waals surface area (Å²) < 4.78 is 0. The van der Waals surface area contributed by atoms with E-state index < -0.39 is 0 Å². The number of piperidine rings is 1. The lowest BCUT2D eigenvalue weighted by molar-refractivity contribution is 0.0936. The molecule has 1 atom stereocenters. The Morgan fingerprint density at radius 1 is 1.50 bits per heavy atom. The van der Waals surface area contributed by atoms with E-state index >= 15 is 0 Å². The number of aromatic nitrogens is 2. The molecule has 0 radical (unpaired) electrons. The Bertz CT molecular complexity index is 449. The van der Waals surface area contributed by atoms with Gasteiger partial charge in [0.15, 0.2) is 0 Å². The summed E-state index contributed by atoms with van der Waals surface area (Å²) >= 11 is 0. The summed E-state index contributed by atoms with van der Waals surface area (Å²) in [5.41, 5.74) is 1.41. The Morgan fingerprint density at radius 3 is 3.10 bits per heavy atom. The van der Waals surface area contributed by atoms with E-state index in [9.17, 15) is 4.79 Å². The van der Waals surface area contributed by atoms with Crippen LogP contribution in [0, 0.1) is 0 Å². The van der Waals surface area contributed by atoms with Crippen LogP contribution in [-0.4, -0.2) is 46.5 Å². The molecular weight excluding hydrogens is 252 g/mol. The van der Waals surface area contributed by atoms with Gasteiger partial charge in [0, 0.05) is 25.3 Å². The van der Waals surface area contributed by atoms with Gasteiger partial charge in [0.2, 0.25) is 0 Å². The van der Waals surface area contributed by atoms with Crippen LogP contribution in [0.5, 0.6) is 0 Å². The van der Waals surface area contributed by atoms with E-state index in [-0.39, 0.29) is 5.91 Å². The predicted molar refractivity (Wildman–Crippen MR) is 78.6 cm³/mol. The first kappa shape index (κ1) is 14.9. The van der Waals surface area contributed by atoms with Gasteiger partial charge in [-0.2, -0.15) is 0 Å². The van der Waals surface area contributed by atoms with Gasteiger partial charge in [-0.3, -0.25) is 9.69 Å². The van der Waals surface area contributed by atoms with Gasteiger partial charge in [-0.05, 0) is 32.7 Å². The highest BCUT2D eigenvalue weighted by Gasteiger charge is 2.18. The molecule has 5 nitrogen and oxygen atoms in total. The zero-order chi connectivity index (χ0) is 14.4. The molecule has 1 N–H and O–H groups in total. The molecule has 1 fully saturated rings. The first-order valence-electron chi connectivity index (χ1n) is 7.53. The zero-order valence-corrected chi connectivity index (χ0v) is 12.4. The Kier molecular flexibility index (Phi) is 5.47. The molecule has 1 aromatic rings. The molecule has 1 aromatic heterocycles. The van der Waals surface area contributed by atoms with Gasteiger partial charge >= 0.3 is 0 Å². The fourth-order valence-corrected chi connectivity index (χ4v) is 2.72. The summed E-state index contributed by atoms with van der Waals surface area (Å²) in [6.45, 7) is 7.00. The second-order valence-electron chi connectivity index (χ2n) is 5.37. The maximum absolute atomic E-state index is 12.1. The van der Waals surface area contributed by atoms with Crippen molar-refractivity contribution in [3.8, 4) is 0 Å². The number of rotatable bonds is 5. The SMILES string of the molecule is CCc1ncncc1C(=O)NCCN1CCCCC1C. The molecular formula is C15H24N4O. The van der Waals surface area contributed by atoms with Gasteiger partial charge in [0.1, 0.15) is 6.33 Å². The van der Waals surface area contributed by atoms with Gasteiger partial charge in [0.25, 0.3) is 5.91 Å². The number of carbonyl (C=O) groups is 1. The first-order valence-corrected chi connectivity index (χ1v) is 7.53. The summed E-state index contributed by atoms with van der Waals surface area (Å²) in [6, 6.07) is 0.631. The van der Waals surface area contributed by atoms with Gasteiger partial charge in [-0.25, -0.2) is 9.97 Å². The topological polar surface area (TPSA) is 58.1 Å². The van der Waals surface area contributed by atoms with Crippen LogP contribution in [0.1, 0.15) is 49.2 Å². The van der Waals surface area contributed by atoms with Crippen molar-refractivity contribution in [3.63, 3.8) is 0 Å². The highest BCUT2D eigenvalue weighted by Crippen LogP contribution is 2.15. The van der Waals surface area contributed by atoms with Crippen LogP contribution in [0.3, 0.4) is 0 Å². The monoisotopic (exact) mass is 276 g/mol. The Labute approximate surface area is 120 Å². The van der Waals surface area contributed by atoms with Crippen molar-refractivity contribution in [2.75, 3.05) is 19.6 Å². The van der Waals surface area contributed by atoms with Crippen molar-refractivity contribution in [1.82, 2.24) is 20.2 Å². The summed E-state index contributed by atoms with van der Waals surface area (Å²) in [5, 5.41) is 2.98. The van der Waals surface area contributed by atoms with Gasteiger partial charge in [-0.1, -0.05) is 13.3 Å². The van der Waals surface area contributed by atoms with E-state index in [1.165, 1.54) is 25.6 Å². The average molecular weight is 276 g/mol. The summed E-state index contributed by atoms with van der Waals surface area (Å²) in [6.07, 6.45) is 7.70. The number of nitrogens with zero attached hydrogens (tertiary/aromatic N) is 3. The van der Waals surface area contributed by atoms with E-state index in [1.807, 2.05) is 6.92 Å². The standard InChI is InChI=1S/C15H24N4O/c1-3-14-13(10-16-11-18-14)15(20)17-7-9-19-8-5-4-6-12(19)2/h10-12H,3-9H2,1-2H3,(H,17,20). The highest BCUT2D eigenvalue weighted by atomic mass is 16.1. The van der Waals surface area contributed by atoms with Crippen LogP contribution in [0.15, 0.2) is 12.5 Å². The van der Waals surface area contributed by atoms with Crippen LogP contribution in [0.4, 0.5) is 0 Å². The summed E-state index contributed by atoms with van der Waals surface area (Å²) in [4.78, 5) is 22.7. The molecule has 0 saturated carbocycles. The lowest BCUT2D eigenvalue weighted by atomic mass is 10.0. The third-order valence-electron chi connectivity index (χ3n) is 4.00. The molecule has 0 bridgehead atoms. The van der Waals surface area contributed by atoms with Crippen molar-refractivity contribution < 1.29 is 4.79 Å². The quantitative estimate of drug-likeness (QED) is 0.888. The number of nitrogens with one attached hydrogen (secondary N) is 1. The molecule has 5 heteroatoms. The lowest BCUT2D eigenvalue weighted by Crippen LogP contribution is -2.42. The Balaban J connectivity index is 1.83. The fourth-order valence-electron chi connectivity index (χ4n) is 2.72. The Morgan fingerprint density at radius 2 is 2.35 bits per heavy atom. The molecule has 0 aromatic carbocycles. The molecule has 1 saturated heterocycles. The smallest absolute Gasteiger partial charge is 0.254 e. The normalized spacial score (nSPS) is 19.8. The van der Waals surface area contributed by atoms with Crippen LogP contribution < -0.4 is 5.32 Å². The van der Waals surface area contributed by atoms with Gasteiger partial charge < -0.3 is 5.32 Å². The molecule has 0 aliphatic carbocycles. The summed E-state index contributed by atoms with van der Waals surface area (Å²) in [7, 11) is 0. The zero-order valence-electron chi connectivity index (χ0n) is 12.4. The van der Waals surface area contributed by atoms with Crippen LogP contribution in [0.2, 0.25) is 0 Å². The minimum Gasteiger partial charge on any atom is -0.351 e. The Hall–Kier alpha value is -1.49. The molecule has 2 rings (SSSR count). The molecule has 1 aliphatic heterocycles. The third kappa shape index (κ3) is 3.76. The lowest BCUT2D eigenvalue weighted by Gasteiger charge is -2.33. The number of carbonyl (C=O) groups excluding carboxylic acids is 1. The van der Waals surface area contributed by atoms with Gasteiger partial charge in [-0.15, -0.1) is 0 Å². The summed E-state index contributed by atoms with van der Waals surface area (Å²) in [5.74, 6) is -0.0629. The molecule has 1 aliphatic rings. The van der Waals surface area contributed by atoms with E-state index in [0.717, 1.165) is 25.2 Å². The van der Waals surface area contributed by atoms with E-state index in [0.29, 0.717) is 18.2 Å². The maximum Gasteiger partial charge on any atom is 0.254 e.